The molecule has 0 unspecified atom stereocenters. The molecule has 2 N–H and O–H groups in total. The van der Waals surface area contributed by atoms with Gasteiger partial charge in [0, 0.05) is 5.02 Å². The fraction of sp³-hybridized carbons (Fsp3) is 0.200. The number of oxime groups is 1. The zero-order valence-corrected chi connectivity index (χ0v) is 12.5. The zero-order valence-electron chi connectivity index (χ0n) is 10.1. The van der Waals surface area contributed by atoms with Crippen molar-refractivity contribution in [2.24, 2.45) is 5.16 Å². The summed E-state index contributed by atoms with van der Waals surface area (Å²) < 4.78 is 15.8. The number of ether oxygens (including phenoxy) is 1. The lowest BCUT2D eigenvalue weighted by molar-refractivity contribution is -0.145. The minimum atomic E-state index is -4.51. The molecule has 0 fully saturated rings. The first-order valence-corrected chi connectivity index (χ1v) is 7.45. The van der Waals surface area contributed by atoms with E-state index < -0.39 is 25.6 Å². The lowest BCUT2D eigenvalue weighted by atomic mass is 10.3. The lowest BCUT2D eigenvalue weighted by Gasteiger charge is -2.06. The molecule has 10 heteroatoms. The molecular formula is C10H10Cl2NO6P. The van der Waals surface area contributed by atoms with E-state index in [9.17, 15) is 9.36 Å². The lowest BCUT2D eigenvalue weighted by Crippen LogP contribution is -2.13. The van der Waals surface area contributed by atoms with E-state index in [4.69, 9.17) is 37.7 Å². The molecule has 7 nitrogen and oxygen atoms in total. The van der Waals surface area contributed by atoms with Gasteiger partial charge in [0.05, 0.1) is 5.02 Å². The Balaban J connectivity index is 2.54. The molecule has 0 aromatic heterocycles. The summed E-state index contributed by atoms with van der Waals surface area (Å²) in [7, 11) is -4.51. The minimum Gasteiger partial charge on any atom is -0.480 e. The zero-order chi connectivity index (χ0) is 15.3. The number of benzene rings is 1. The van der Waals surface area contributed by atoms with Crippen molar-refractivity contribution in [3.63, 3.8) is 0 Å². The van der Waals surface area contributed by atoms with Crippen LogP contribution in [0.3, 0.4) is 0 Å². The van der Waals surface area contributed by atoms with Crippen molar-refractivity contribution in [3.8, 4) is 5.75 Å². The Morgan fingerprint density at radius 2 is 2.05 bits per heavy atom. The van der Waals surface area contributed by atoms with Crippen LogP contribution in [-0.4, -0.2) is 27.8 Å². The quantitative estimate of drug-likeness (QED) is 0.368. The highest BCUT2D eigenvalue weighted by Crippen LogP contribution is 2.36. The molecule has 0 saturated carbocycles. The first-order valence-electron chi connectivity index (χ1n) is 5.08. The van der Waals surface area contributed by atoms with E-state index in [1.807, 2.05) is 0 Å². The Labute approximate surface area is 124 Å². The molecule has 0 aliphatic heterocycles. The first-order chi connectivity index (χ1) is 9.20. The molecule has 1 aromatic carbocycles. The third-order valence-corrected chi connectivity index (χ3v) is 3.40. The van der Waals surface area contributed by atoms with Crippen LogP contribution in [-0.2, 0) is 14.2 Å². The molecule has 0 atom stereocenters. The van der Waals surface area contributed by atoms with Gasteiger partial charge in [-0.3, -0.25) is 4.57 Å². The van der Waals surface area contributed by atoms with Gasteiger partial charge in [-0.25, -0.2) is 4.79 Å². The predicted octanol–water partition coefficient (Wildman–Crippen LogP) is 2.43. The van der Waals surface area contributed by atoms with Gasteiger partial charge in [-0.05, 0) is 25.1 Å². The number of carbonyl (C=O) groups excluding carboxylic acids is 1. The van der Waals surface area contributed by atoms with E-state index in [1.54, 1.807) is 0 Å². The SMILES string of the molecule is CC(=NOC(=O)COc1ccc(Cl)cc1Cl)P(=O)(O)O. The van der Waals surface area contributed by atoms with Gasteiger partial charge in [-0.2, -0.15) is 0 Å². The van der Waals surface area contributed by atoms with Gasteiger partial charge in [-0.1, -0.05) is 28.4 Å². The van der Waals surface area contributed by atoms with Crippen molar-refractivity contribution in [2.75, 3.05) is 6.61 Å². The number of carbonyl (C=O) groups is 1. The summed E-state index contributed by atoms with van der Waals surface area (Å²) in [6, 6.07) is 4.41. The fourth-order valence-corrected chi connectivity index (χ4v) is 1.54. The first kappa shape index (κ1) is 16.9. The molecule has 0 spiro atoms. The van der Waals surface area contributed by atoms with Gasteiger partial charge >= 0.3 is 13.6 Å². The highest BCUT2D eigenvalue weighted by Gasteiger charge is 2.19. The molecule has 0 amide bonds. The Morgan fingerprint density at radius 3 is 2.60 bits per heavy atom. The van der Waals surface area contributed by atoms with Crippen LogP contribution < -0.4 is 4.74 Å². The molecule has 0 bridgehead atoms. The Bertz CT molecular complexity index is 585. The number of rotatable bonds is 5. The minimum absolute atomic E-state index is 0.209. The van der Waals surface area contributed by atoms with Gasteiger partial charge in [0.1, 0.15) is 5.75 Å². The second-order valence-corrected chi connectivity index (χ2v) is 6.09. The molecule has 20 heavy (non-hydrogen) atoms. The Kier molecular flexibility index (Phi) is 5.98. The molecule has 0 aliphatic carbocycles. The highest BCUT2D eigenvalue weighted by atomic mass is 35.5. The van der Waals surface area contributed by atoms with Gasteiger partial charge < -0.3 is 19.4 Å². The van der Waals surface area contributed by atoms with E-state index in [1.165, 1.54) is 18.2 Å². The van der Waals surface area contributed by atoms with E-state index in [2.05, 4.69) is 9.99 Å². The number of hydrogen-bond donors (Lipinski definition) is 2. The van der Waals surface area contributed by atoms with E-state index in [0.29, 0.717) is 5.02 Å². The van der Waals surface area contributed by atoms with Crippen LogP contribution in [0.2, 0.25) is 10.0 Å². The van der Waals surface area contributed by atoms with E-state index >= 15 is 0 Å². The van der Waals surface area contributed by atoms with Gasteiger partial charge in [0.2, 0.25) is 0 Å². The smallest absolute Gasteiger partial charge is 0.373 e. The summed E-state index contributed by atoms with van der Waals surface area (Å²) in [4.78, 5) is 32.9. The predicted molar refractivity (Wildman–Crippen MR) is 73.2 cm³/mol. The maximum Gasteiger partial charge on any atom is 0.373 e. The van der Waals surface area contributed by atoms with Crippen molar-refractivity contribution in [1.29, 1.82) is 0 Å². The van der Waals surface area contributed by atoms with Crippen LogP contribution in [0.25, 0.3) is 0 Å². The molecule has 1 rings (SSSR count). The van der Waals surface area contributed by atoms with Crippen LogP contribution >= 0.6 is 30.8 Å². The average molecular weight is 342 g/mol. The monoisotopic (exact) mass is 341 g/mol. The van der Waals surface area contributed by atoms with Crippen molar-refractivity contribution in [1.82, 2.24) is 0 Å². The molecule has 0 aliphatic rings. The van der Waals surface area contributed by atoms with Crippen LogP contribution in [0.1, 0.15) is 6.92 Å². The molecule has 0 radical (unpaired) electrons. The second kappa shape index (κ2) is 7.06. The van der Waals surface area contributed by atoms with Crippen molar-refractivity contribution < 1.29 is 28.7 Å². The summed E-state index contributed by atoms with van der Waals surface area (Å²) in [6.07, 6.45) is 0. The molecular weight excluding hydrogens is 332 g/mol. The standard InChI is InChI=1S/C10H10Cl2NO6P/c1-6(20(15,16)17)13-19-10(14)5-18-9-3-2-7(11)4-8(9)12/h2-4H,5H2,1H3,(H2,15,16,17). The normalized spacial score (nSPS) is 12.2. The van der Waals surface area contributed by atoms with Crippen molar-refractivity contribution in [2.45, 2.75) is 6.92 Å². The molecule has 110 valence electrons. The average Bonchev–Trinajstić information content (AvgIpc) is 2.33. The van der Waals surface area contributed by atoms with Crippen LogP contribution in [0.5, 0.6) is 5.75 Å². The van der Waals surface area contributed by atoms with Crippen molar-refractivity contribution in [3.05, 3.63) is 28.2 Å². The summed E-state index contributed by atoms with van der Waals surface area (Å²) in [5, 5.41) is 3.63. The maximum atomic E-state index is 11.2. The van der Waals surface area contributed by atoms with Gasteiger partial charge in [0.15, 0.2) is 12.1 Å². The fourth-order valence-electron chi connectivity index (χ4n) is 0.925. The number of halogens is 2. The Morgan fingerprint density at radius 1 is 1.40 bits per heavy atom. The van der Waals surface area contributed by atoms with Gasteiger partial charge in [0.25, 0.3) is 0 Å². The molecule has 0 heterocycles. The van der Waals surface area contributed by atoms with Crippen LogP contribution in [0.15, 0.2) is 23.4 Å². The summed E-state index contributed by atoms with van der Waals surface area (Å²) in [5.41, 5.74) is -0.615. The maximum absolute atomic E-state index is 11.2. The second-order valence-electron chi connectivity index (χ2n) is 3.51. The van der Waals surface area contributed by atoms with E-state index in [-0.39, 0.29) is 10.8 Å². The van der Waals surface area contributed by atoms with Crippen LogP contribution in [0, 0.1) is 0 Å². The Hall–Kier alpha value is -1.11. The third kappa shape index (κ3) is 5.48. The van der Waals surface area contributed by atoms with Crippen LogP contribution in [0.4, 0.5) is 0 Å². The summed E-state index contributed by atoms with van der Waals surface area (Å²) >= 11 is 11.5. The summed E-state index contributed by atoms with van der Waals surface area (Å²) in [5.74, 6) is -0.729. The third-order valence-electron chi connectivity index (χ3n) is 1.94. The van der Waals surface area contributed by atoms with Crippen molar-refractivity contribution >= 4 is 42.2 Å². The topological polar surface area (TPSA) is 105 Å². The number of nitrogens with zero attached hydrogens (tertiary/aromatic N) is 1. The van der Waals surface area contributed by atoms with Gasteiger partial charge in [-0.15, -0.1) is 0 Å². The number of hydrogen-bond acceptors (Lipinski definition) is 5. The van der Waals surface area contributed by atoms with E-state index in [0.717, 1.165) is 6.92 Å². The largest absolute Gasteiger partial charge is 0.480 e. The highest BCUT2D eigenvalue weighted by molar-refractivity contribution is 7.70. The molecule has 0 saturated heterocycles. The molecule has 1 aromatic rings. The summed E-state index contributed by atoms with van der Waals surface area (Å²) in [6.45, 7) is 0.504.